The van der Waals surface area contributed by atoms with Crippen LogP contribution in [0.4, 0.5) is 5.95 Å². The van der Waals surface area contributed by atoms with Crippen LogP contribution in [0.5, 0.6) is 5.75 Å². The summed E-state index contributed by atoms with van der Waals surface area (Å²) in [5.74, 6) is 0.882. The van der Waals surface area contributed by atoms with E-state index in [4.69, 9.17) is 14.7 Å². The van der Waals surface area contributed by atoms with Crippen molar-refractivity contribution in [3.05, 3.63) is 60.7 Å². The fourth-order valence-corrected chi connectivity index (χ4v) is 4.13. The molecule has 1 aromatic heterocycles. The van der Waals surface area contributed by atoms with E-state index in [2.05, 4.69) is 5.32 Å². The summed E-state index contributed by atoms with van der Waals surface area (Å²) < 4.78 is 5.54. The predicted octanol–water partition coefficient (Wildman–Crippen LogP) is 5.12. The highest BCUT2D eigenvalue weighted by molar-refractivity contribution is 5.73. The molecule has 1 heterocycles. The van der Waals surface area contributed by atoms with Gasteiger partial charge in [-0.05, 0) is 49.8 Å². The Labute approximate surface area is 182 Å². The lowest BCUT2D eigenvalue weighted by Gasteiger charge is -2.26. The first-order chi connectivity index (χ1) is 15.1. The van der Waals surface area contributed by atoms with Crippen molar-refractivity contribution < 1.29 is 14.6 Å². The fourth-order valence-electron chi connectivity index (χ4n) is 4.13. The maximum absolute atomic E-state index is 11.2. The predicted molar refractivity (Wildman–Crippen MR) is 121 cm³/mol. The first-order valence-corrected chi connectivity index (χ1v) is 10.7. The van der Waals surface area contributed by atoms with Gasteiger partial charge >= 0.3 is 5.97 Å². The van der Waals surface area contributed by atoms with Crippen LogP contribution < -0.4 is 10.1 Å². The summed E-state index contributed by atoms with van der Waals surface area (Å²) in [5, 5.41) is 12.6. The summed E-state index contributed by atoms with van der Waals surface area (Å²) in [6, 6.07) is 19.8. The lowest BCUT2D eigenvalue weighted by Crippen LogP contribution is -2.25. The number of anilines is 1. The van der Waals surface area contributed by atoms with E-state index in [-0.39, 0.29) is 5.92 Å². The lowest BCUT2D eigenvalue weighted by molar-refractivity contribution is -0.143. The molecule has 2 aromatic carbocycles. The highest BCUT2D eigenvalue weighted by atomic mass is 16.5. The number of hydrogen-bond donors (Lipinski definition) is 2. The number of nitrogens with zero attached hydrogens (tertiary/aromatic N) is 2. The molecule has 0 bridgehead atoms. The summed E-state index contributed by atoms with van der Waals surface area (Å²) in [6.07, 6.45) is 3.28. The van der Waals surface area contributed by atoms with Crippen molar-refractivity contribution in [1.82, 2.24) is 9.97 Å². The van der Waals surface area contributed by atoms with Crippen LogP contribution in [0.3, 0.4) is 0 Å². The number of ether oxygens (including phenoxy) is 1. The SMILES string of the molecule is COc1ccccc1-c1cc(-c2ccccc2)nc(NCC2CCC(C(=O)O)CC2)n1. The lowest BCUT2D eigenvalue weighted by atomic mass is 9.82. The molecule has 2 N–H and O–H groups in total. The Bertz CT molecular complexity index is 1030. The van der Waals surface area contributed by atoms with E-state index in [9.17, 15) is 9.90 Å². The van der Waals surface area contributed by atoms with Crippen LogP contribution in [0.1, 0.15) is 25.7 Å². The molecule has 0 saturated heterocycles. The first-order valence-electron chi connectivity index (χ1n) is 10.7. The molecule has 0 radical (unpaired) electrons. The van der Waals surface area contributed by atoms with Gasteiger partial charge in [-0.15, -0.1) is 0 Å². The molecule has 1 fully saturated rings. The van der Waals surface area contributed by atoms with Crippen molar-refractivity contribution >= 4 is 11.9 Å². The third kappa shape index (κ3) is 5.02. The molecule has 1 aliphatic carbocycles. The minimum atomic E-state index is -0.674. The van der Waals surface area contributed by atoms with Crippen LogP contribution in [0.15, 0.2) is 60.7 Å². The van der Waals surface area contributed by atoms with E-state index in [0.717, 1.165) is 60.5 Å². The van der Waals surface area contributed by atoms with E-state index in [1.165, 1.54) is 0 Å². The van der Waals surface area contributed by atoms with Gasteiger partial charge in [0, 0.05) is 17.7 Å². The van der Waals surface area contributed by atoms with Crippen LogP contribution >= 0.6 is 0 Å². The number of carboxylic acid groups (broad SMARTS) is 1. The number of benzene rings is 2. The van der Waals surface area contributed by atoms with E-state index >= 15 is 0 Å². The van der Waals surface area contributed by atoms with Gasteiger partial charge in [-0.3, -0.25) is 4.79 Å². The summed E-state index contributed by atoms with van der Waals surface area (Å²) >= 11 is 0. The topological polar surface area (TPSA) is 84.3 Å². The summed E-state index contributed by atoms with van der Waals surface area (Å²) in [7, 11) is 1.66. The first kappa shape index (κ1) is 20.8. The molecule has 0 unspecified atom stereocenters. The monoisotopic (exact) mass is 417 g/mol. The van der Waals surface area contributed by atoms with Gasteiger partial charge in [0.25, 0.3) is 0 Å². The number of methoxy groups -OCH3 is 1. The number of nitrogens with one attached hydrogen (secondary N) is 1. The van der Waals surface area contributed by atoms with Gasteiger partial charge in [0.15, 0.2) is 0 Å². The number of carboxylic acids is 1. The third-order valence-corrected chi connectivity index (χ3v) is 5.92. The fraction of sp³-hybridized carbons (Fsp3) is 0.320. The number of hydrogen-bond acceptors (Lipinski definition) is 5. The molecular weight excluding hydrogens is 390 g/mol. The Balaban J connectivity index is 1.59. The van der Waals surface area contributed by atoms with Crippen molar-refractivity contribution in [3.8, 4) is 28.3 Å². The van der Waals surface area contributed by atoms with Gasteiger partial charge in [-0.2, -0.15) is 0 Å². The van der Waals surface area contributed by atoms with Gasteiger partial charge in [0.1, 0.15) is 5.75 Å². The van der Waals surface area contributed by atoms with E-state index in [0.29, 0.717) is 11.9 Å². The minimum Gasteiger partial charge on any atom is -0.496 e. The van der Waals surface area contributed by atoms with Crippen LogP contribution in [0, 0.1) is 11.8 Å². The number of rotatable bonds is 7. The van der Waals surface area contributed by atoms with Gasteiger partial charge in [0.2, 0.25) is 5.95 Å². The summed E-state index contributed by atoms with van der Waals surface area (Å²) in [5.41, 5.74) is 3.57. The average Bonchev–Trinajstić information content (AvgIpc) is 2.83. The standard InChI is InChI=1S/C25H27N3O3/c1-31-23-10-6-5-9-20(23)22-15-21(18-7-3-2-4-8-18)27-25(28-22)26-16-17-11-13-19(14-12-17)24(29)30/h2-10,15,17,19H,11-14,16H2,1H3,(H,29,30)(H,26,27,28). The molecule has 6 nitrogen and oxygen atoms in total. The number of aromatic nitrogens is 2. The Morgan fingerprint density at radius 3 is 2.39 bits per heavy atom. The highest BCUT2D eigenvalue weighted by Gasteiger charge is 2.26. The van der Waals surface area contributed by atoms with Crippen molar-refractivity contribution in [2.24, 2.45) is 11.8 Å². The third-order valence-electron chi connectivity index (χ3n) is 5.92. The van der Waals surface area contributed by atoms with Crippen LogP contribution in [-0.2, 0) is 4.79 Å². The van der Waals surface area contributed by atoms with Crippen LogP contribution in [0.25, 0.3) is 22.5 Å². The van der Waals surface area contributed by atoms with Crippen LogP contribution in [0.2, 0.25) is 0 Å². The second-order valence-electron chi connectivity index (χ2n) is 7.97. The molecule has 1 aliphatic rings. The van der Waals surface area contributed by atoms with Crippen molar-refractivity contribution in [2.75, 3.05) is 19.0 Å². The Morgan fingerprint density at radius 1 is 1.00 bits per heavy atom. The van der Waals surface area contributed by atoms with Gasteiger partial charge in [-0.25, -0.2) is 9.97 Å². The Morgan fingerprint density at radius 2 is 1.68 bits per heavy atom. The van der Waals surface area contributed by atoms with E-state index in [1.54, 1.807) is 7.11 Å². The van der Waals surface area contributed by atoms with E-state index < -0.39 is 5.97 Å². The Kier molecular flexibility index (Phi) is 6.46. The second kappa shape index (κ2) is 9.60. The number of carbonyl (C=O) groups is 1. The molecule has 0 amide bonds. The van der Waals surface area contributed by atoms with Crippen LogP contribution in [-0.4, -0.2) is 34.7 Å². The minimum absolute atomic E-state index is 0.203. The summed E-state index contributed by atoms with van der Waals surface area (Å²) in [4.78, 5) is 20.7. The van der Waals surface area contributed by atoms with E-state index in [1.807, 2.05) is 60.7 Å². The smallest absolute Gasteiger partial charge is 0.306 e. The molecule has 1 saturated carbocycles. The van der Waals surface area contributed by atoms with Gasteiger partial charge in [0.05, 0.1) is 24.4 Å². The quantitative estimate of drug-likeness (QED) is 0.555. The van der Waals surface area contributed by atoms with Gasteiger partial charge in [-0.1, -0.05) is 42.5 Å². The molecule has 4 rings (SSSR count). The molecule has 6 heteroatoms. The second-order valence-corrected chi connectivity index (χ2v) is 7.97. The molecule has 3 aromatic rings. The average molecular weight is 418 g/mol. The molecule has 0 atom stereocenters. The summed E-state index contributed by atoms with van der Waals surface area (Å²) in [6.45, 7) is 0.732. The molecule has 0 aliphatic heterocycles. The van der Waals surface area contributed by atoms with Crippen molar-refractivity contribution in [1.29, 1.82) is 0 Å². The largest absolute Gasteiger partial charge is 0.496 e. The normalized spacial score (nSPS) is 18.4. The number of para-hydroxylation sites is 1. The number of aliphatic carboxylic acids is 1. The van der Waals surface area contributed by atoms with Crippen molar-refractivity contribution in [2.45, 2.75) is 25.7 Å². The highest BCUT2D eigenvalue weighted by Crippen LogP contribution is 2.32. The molecule has 160 valence electrons. The maximum Gasteiger partial charge on any atom is 0.306 e. The molecule has 0 spiro atoms. The molecular formula is C25H27N3O3. The van der Waals surface area contributed by atoms with Gasteiger partial charge < -0.3 is 15.2 Å². The Hall–Kier alpha value is -3.41. The zero-order valence-corrected chi connectivity index (χ0v) is 17.6. The zero-order valence-electron chi connectivity index (χ0n) is 17.6. The zero-order chi connectivity index (χ0) is 21.6. The maximum atomic E-state index is 11.2. The molecule has 31 heavy (non-hydrogen) atoms. The van der Waals surface area contributed by atoms with Crippen molar-refractivity contribution in [3.63, 3.8) is 0 Å².